The first-order valence-electron chi connectivity index (χ1n) is 9.50. The minimum atomic E-state index is -0.521. The predicted molar refractivity (Wildman–Crippen MR) is 106 cm³/mol. The molecule has 1 fully saturated rings. The third kappa shape index (κ3) is 4.81. The van der Waals surface area contributed by atoms with E-state index in [4.69, 9.17) is 9.15 Å². The molecule has 3 rings (SSSR count). The summed E-state index contributed by atoms with van der Waals surface area (Å²) in [7, 11) is 0. The molecule has 0 spiro atoms. The Morgan fingerprint density at radius 3 is 2.86 bits per heavy atom. The number of rotatable bonds is 6. The molecule has 2 amide bonds. The number of thiophene rings is 1. The molecular weight excluding hydrogens is 380 g/mol. The smallest absolute Gasteiger partial charge is 0.341 e. The number of nitrogens with one attached hydrogen (secondary N) is 1. The number of hydrogen-bond donors (Lipinski definition) is 1. The number of carbonyl (C=O) groups is 3. The van der Waals surface area contributed by atoms with E-state index in [1.165, 1.54) is 17.6 Å². The summed E-state index contributed by atoms with van der Waals surface area (Å²) in [6.45, 7) is 2.51. The first-order valence-corrected chi connectivity index (χ1v) is 10.4. The highest BCUT2D eigenvalue weighted by molar-refractivity contribution is 7.15. The highest BCUT2D eigenvalue weighted by Crippen LogP contribution is 2.36. The molecule has 1 aliphatic heterocycles. The summed E-state index contributed by atoms with van der Waals surface area (Å²) in [6.07, 6.45) is 5.88. The Morgan fingerprint density at radius 1 is 1.29 bits per heavy atom. The number of likely N-dealkylation sites (tertiary alicyclic amines) is 1. The Bertz CT molecular complexity index is 828. The van der Waals surface area contributed by atoms with Crippen molar-refractivity contribution in [3.63, 3.8) is 0 Å². The van der Waals surface area contributed by atoms with Gasteiger partial charge < -0.3 is 19.4 Å². The number of furan rings is 1. The second-order valence-corrected chi connectivity index (χ2v) is 7.46. The van der Waals surface area contributed by atoms with Gasteiger partial charge in [-0.1, -0.05) is 12.8 Å². The predicted octanol–water partition coefficient (Wildman–Crippen LogP) is 3.92. The number of esters is 1. The van der Waals surface area contributed by atoms with Gasteiger partial charge >= 0.3 is 5.97 Å². The van der Waals surface area contributed by atoms with E-state index in [0.717, 1.165) is 25.7 Å². The normalized spacial score (nSPS) is 15.0. The Hall–Kier alpha value is -2.61. The molecule has 1 N–H and O–H groups in total. The lowest BCUT2D eigenvalue weighted by atomic mass is 10.1. The summed E-state index contributed by atoms with van der Waals surface area (Å²) in [6, 6.07) is 3.48. The van der Waals surface area contributed by atoms with Crippen LogP contribution in [0.3, 0.4) is 0 Å². The highest BCUT2D eigenvalue weighted by Gasteiger charge is 2.25. The van der Waals surface area contributed by atoms with Crippen LogP contribution in [0.15, 0.2) is 28.2 Å². The van der Waals surface area contributed by atoms with Crippen molar-refractivity contribution in [3.8, 4) is 11.3 Å². The fourth-order valence-electron chi connectivity index (χ4n) is 3.19. The lowest BCUT2D eigenvalue weighted by Gasteiger charge is -2.24. The zero-order valence-electron chi connectivity index (χ0n) is 15.9. The van der Waals surface area contributed by atoms with Gasteiger partial charge in [-0.15, -0.1) is 11.3 Å². The van der Waals surface area contributed by atoms with Gasteiger partial charge in [-0.3, -0.25) is 9.59 Å². The van der Waals surface area contributed by atoms with Gasteiger partial charge in [0.05, 0.1) is 19.4 Å². The van der Waals surface area contributed by atoms with Crippen LogP contribution >= 0.6 is 11.3 Å². The largest absolute Gasteiger partial charge is 0.464 e. The third-order valence-corrected chi connectivity index (χ3v) is 5.46. The highest BCUT2D eigenvalue weighted by atomic mass is 32.1. The number of hydrogen-bond acceptors (Lipinski definition) is 6. The van der Waals surface area contributed by atoms with Gasteiger partial charge in [-0.05, 0) is 31.9 Å². The van der Waals surface area contributed by atoms with E-state index >= 15 is 0 Å². The maximum Gasteiger partial charge on any atom is 0.341 e. The van der Waals surface area contributed by atoms with Gasteiger partial charge in [-0.25, -0.2) is 4.79 Å². The van der Waals surface area contributed by atoms with Gasteiger partial charge in [0.1, 0.15) is 16.3 Å². The lowest BCUT2D eigenvalue weighted by molar-refractivity contribution is -0.135. The van der Waals surface area contributed by atoms with Crippen molar-refractivity contribution in [1.82, 2.24) is 4.90 Å². The first-order chi connectivity index (χ1) is 13.6. The zero-order valence-corrected chi connectivity index (χ0v) is 16.7. The molecule has 0 bridgehead atoms. The summed E-state index contributed by atoms with van der Waals surface area (Å²) in [5, 5.41) is 4.93. The fourth-order valence-corrected chi connectivity index (χ4v) is 4.14. The molecule has 28 heavy (non-hydrogen) atoms. The average molecular weight is 404 g/mol. The minimum Gasteiger partial charge on any atom is -0.464 e. The molecule has 0 aliphatic carbocycles. The standard InChI is InChI=1S/C20H24N2O5S/c1-2-26-20(25)18-14(15-8-7-11-27-15)13-28-19(18)21-16(23)12-22-10-6-4-3-5-9-17(22)24/h7-8,11,13H,2-6,9-10,12H2,1H3,(H,21,23). The molecule has 2 aromatic rings. The average Bonchev–Trinajstić information content (AvgIpc) is 3.31. The quantitative estimate of drug-likeness (QED) is 0.737. The van der Waals surface area contributed by atoms with Crippen molar-refractivity contribution in [2.45, 2.75) is 39.0 Å². The summed E-state index contributed by atoms with van der Waals surface area (Å²) in [5.74, 6) is -0.318. The second kappa shape index (κ2) is 9.54. The summed E-state index contributed by atoms with van der Waals surface area (Å²) >= 11 is 1.23. The van der Waals surface area contributed by atoms with Crippen molar-refractivity contribution in [2.24, 2.45) is 0 Å². The van der Waals surface area contributed by atoms with Gasteiger partial charge in [-0.2, -0.15) is 0 Å². The van der Waals surface area contributed by atoms with Crippen LogP contribution in [0.4, 0.5) is 5.00 Å². The van der Waals surface area contributed by atoms with Crippen molar-refractivity contribution >= 4 is 34.1 Å². The van der Waals surface area contributed by atoms with E-state index in [9.17, 15) is 14.4 Å². The first kappa shape index (κ1) is 20.1. The molecule has 7 nitrogen and oxygen atoms in total. The molecule has 1 saturated heterocycles. The van der Waals surface area contributed by atoms with E-state index in [-0.39, 0.29) is 30.5 Å². The molecule has 150 valence electrons. The SMILES string of the molecule is CCOC(=O)c1c(-c2ccco2)csc1NC(=O)CN1CCCCCCC1=O. The van der Waals surface area contributed by atoms with Crippen LogP contribution in [0.25, 0.3) is 11.3 Å². The molecule has 0 saturated carbocycles. The zero-order chi connectivity index (χ0) is 19.9. The number of carbonyl (C=O) groups excluding carboxylic acids is 3. The van der Waals surface area contributed by atoms with Crippen LogP contribution in [0.5, 0.6) is 0 Å². The van der Waals surface area contributed by atoms with Crippen molar-refractivity contribution in [1.29, 1.82) is 0 Å². The molecule has 0 radical (unpaired) electrons. The maximum atomic E-state index is 12.6. The number of nitrogens with zero attached hydrogens (tertiary/aromatic N) is 1. The maximum absolute atomic E-state index is 12.6. The van der Waals surface area contributed by atoms with Crippen molar-refractivity contribution in [2.75, 3.05) is 25.0 Å². The Balaban J connectivity index is 1.76. The molecule has 0 atom stereocenters. The number of amides is 2. The van der Waals surface area contributed by atoms with Gasteiger partial charge in [0.2, 0.25) is 11.8 Å². The molecule has 0 unspecified atom stereocenters. The van der Waals surface area contributed by atoms with Gasteiger partial charge in [0, 0.05) is 23.9 Å². The molecule has 2 aromatic heterocycles. The van der Waals surface area contributed by atoms with E-state index in [1.54, 1.807) is 29.3 Å². The van der Waals surface area contributed by atoms with Crippen LogP contribution in [-0.4, -0.2) is 42.4 Å². The second-order valence-electron chi connectivity index (χ2n) is 6.58. The van der Waals surface area contributed by atoms with Crippen LogP contribution < -0.4 is 5.32 Å². The van der Waals surface area contributed by atoms with Gasteiger partial charge in [0.15, 0.2) is 0 Å². The van der Waals surface area contributed by atoms with Crippen molar-refractivity contribution in [3.05, 3.63) is 29.3 Å². The number of ether oxygens (including phenoxy) is 1. The molecule has 0 aromatic carbocycles. The van der Waals surface area contributed by atoms with Crippen LogP contribution in [0.2, 0.25) is 0 Å². The topological polar surface area (TPSA) is 88.8 Å². The Labute approximate surface area is 167 Å². The monoisotopic (exact) mass is 404 g/mol. The minimum absolute atomic E-state index is 0.00270. The van der Waals surface area contributed by atoms with E-state index in [0.29, 0.717) is 29.3 Å². The van der Waals surface area contributed by atoms with Crippen molar-refractivity contribution < 1.29 is 23.5 Å². The summed E-state index contributed by atoms with van der Waals surface area (Å²) in [5.41, 5.74) is 0.847. The van der Waals surface area contributed by atoms with E-state index in [2.05, 4.69) is 5.32 Å². The third-order valence-electron chi connectivity index (χ3n) is 4.57. The van der Waals surface area contributed by atoms with E-state index < -0.39 is 5.97 Å². The Kier molecular flexibility index (Phi) is 6.86. The lowest BCUT2D eigenvalue weighted by Crippen LogP contribution is -2.39. The molecular formula is C20H24N2O5S. The van der Waals surface area contributed by atoms with Crippen LogP contribution in [0, 0.1) is 0 Å². The molecule has 3 heterocycles. The van der Waals surface area contributed by atoms with Crippen LogP contribution in [-0.2, 0) is 14.3 Å². The van der Waals surface area contributed by atoms with Gasteiger partial charge in [0.25, 0.3) is 0 Å². The molecule has 8 heteroatoms. The van der Waals surface area contributed by atoms with E-state index in [1.807, 2.05) is 0 Å². The van der Waals surface area contributed by atoms with Crippen LogP contribution in [0.1, 0.15) is 49.4 Å². The molecule has 1 aliphatic rings. The Morgan fingerprint density at radius 2 is 2.11 bits per heavy atom. The number of anilines is 1. The fraction of sp³-hybridized carbons (Fsp3) is 0.450. The summed E-state index contributed by atoms with van der Waals surface area (Å²) < 4.78 is 10.6. The summed E-state index contributed by atoms with van der Waals surface area (Å²) in [4.78, 5) is 38.9.